The molecule has 1 amide bonds. The predicted octanol–water partition coefficient (Wildman–Crippen LogP) is 5.69. The summed E-state index contributed by atoms with van der Waals surface area (Å²) in [7, 11) is -4.04. The molecule has 0 aliphatic heterocycles. The van der Waals surface area contributed by atoms with E-state index in [1.54, 1.807) is 48.8 Å². The fraction of sp³-hybridized carbons (Fsp3) is 0.0690. The highest BCUT2D eigenvalue weighted by atomic mass is 32.2. The number of amides is 1. The van der Waals surface area contributed by atoms with Crippen LogP contribution in [0.2, 0.25) is 0 Å². The van der Waals surface area contributed by atoms with Gasteiger partial charge in [-0.25, -0.2) is 23.1 Å². The molecule has 41 heavy (non-hydrogen) atoms. The number of nitrogens with zero attached hydrogens (tertiary/aromatic N) is 4. The third kappa shape index (κ3) is 5.84. The maximum Gasteiger partial charge on any atom is 0.265 e. The molecule has 0 fully saturated rings. The maximum atomic E-state index is 13.7. The summed E-state index contributed by atoms with van der Waals surface area (Å²) in [5, 5.41) is 12.7. The number of para-hydroxylation sites is 1. The van der Waals surface area contributed by atoms with Crippen LogP contribution in [0.3, 0.4) is 0 Å². The van der Waals surface area contributed by atoms with Crippen LogP contribution in [0.1, 0.15) is 31.8 Å². The topological polar surface area (TPSA) is 138 Å². The zero-order chi connectivity index (χ0) is 28.4. The van der Waals surface area contributed by atoms with Gasteiger partial charge < -0.3 is 5.32 Å². The quantitative estimate of drug-likeness (QED) is 0.230. The first kappa shape index (κ1) is 26.7. The molecule has 202 valence electrons. The van der Waals surface area contributed by atoms with Crippen molar-refractivity contribution in [3.8, 4) is 6.07 Å². The lowest BCUT2D eigenvalue weighted by Crippen LogP contribution is -2.30. The standard InChI is InChI=1S/C29H20N6O3S3/c30-17-19-6-3-5-18(13-19)14-24(29-34-22-9-1-2-10-25(22)39-29)35-41(37,38)21-8-4-7-20(15-21)33-27(36)26-16-23-28(40-26)32-12-11-31-23/h1-13,15-16,24,35H,14H2,(H,33,36). The van der Waals surface area contributed by atoms with Crippen molar-refractivity contribution in [1.82, 2.24) is 19.7 Å². The number of sulfonamides is 1. The second kappa shape index (κ2) is 11.1. The highest BCUT2D eigenvalue weighted by Gasteiger charge is 2.25. The predicted molar refractivity (Wildman–Crippen MR) is 159 cm³/mol. The SMILES string of the molecule is N#Cc1cccc(CC(NS(=O)(=O)c2cccc(NC(=O)c3cc4nccnc4s3)c2)c2nc3ccccc3s2)c1. The third-order valence-corrected chi connectivity index (χ3v) is 9.84. The Balaban J connectivity index is 1.28. The summed E-state index contributed by atoms with van der Waals surface area (Å²) in [6, 6.07) is 23.8. The van der Waals surface area contributed by atoms with Crippen molar-refractivity contribution in [3.63, 3.8) is 0 Å². The van der Waals surface area contributed by atoms with E-state index >= 15 is 0 Å². The van der Waals surface area contributed by atoms with Gasteiger partial charge in [0.1, 0.15) is 15.4 Å². The van der Waals surface area contributed by atoms with Crippen LogP contribution in [-0.2, 0) is 16.4 Å². The van der Waals surface area contributed by atoms with Crippen molar-refractivity contribution < 1.29 is 13.2 Å². The monoisotopic (exact) mass is 596 g/mol. The zero-order valence-corrected chi connectivity index (χ0v) is 23.6. The Labute approximate surface area is 243 Å². The number of fused-ring (bicyclic) bond motifs is 2. The second-order valence-electron chi connectivity index (χ2n) is 9.05. The number of thiophene rings is 1. The van der Waals surface area contributed by atoms with Crippen LogP contribution in [-0.4, -0.2) is 29.3 Å². The van der Waals surface area contributed by atoms with E-state index in [-0.39, 0.29) is 10.8 Å². The molecule has 0 spiro atoms. The number of carbonyl (C=O) groups excluding carboxylic acids is 1. The molecular formula is C29H20N6O3S3. The highest BCUT2D eigenvalue weighted by molar-refractivity contribution is 7.89. The largest absolute Gasteiger partial charge is 0.321 e. The lowest BCUT2D eigenvalue weighted by Gasteiger charge is -2.17. The van der Waals surface area contributed by atoms with E-state index in [0.717, 1.165) is 15.8 Å². The average Bonchev–Trinajstić information content (AvgIpc) is 3.62. The van der Waals surface area contributed by atoms with Gasteiger partial charge in [0.05, 0.1) is 37.7 Å². The van der Waals surface area contributed by atoms with Gasteiger partial charge in [-0.15, -0.1) is 22.7 Å². The lowest BCUT2D eigenvalue weighted by molar-refractivity contribution is 0.103. The van der Waals surface area contributed by atoms with Gasteiger partial charge in [0, 0.05) is 18.1 Å². The van der Waals surface area contributed by atoms with E-state index in [4.69, 9.17) is 4.98 Å². The summed E-state index contributed by atoms with van der Waals surface area (Å²) in [4.78, 5) is 27.1. The number of hydrogen-bond donors (Lipinski definition) is 2. The summed E-state index contributed by atoms with van der Waals surface area (Å²) < 4.78 is 31.1. The average molecular weight is 597 g/mol. The number of anilines is 1. The molecule has 9 nitrogen and oxygen atoms in total. The van der Waals surface area contributed by atoms with Crippen molar-refractivity contribution in [1.29, 1.82) is 5.26 Å². The molecule has 0 bridgehead atoms. The van der Waals surface area contributed by atoms with E-state index in [1.807, 2.05) is 30.3 Å². The number of aromatic nitrogens is 3. The number of rotatable bonds is 8. The molecule has 12 heteroatoms. The summed E-state index contributed by atoms with van der Waals surface area (Å²) >= 11 is 2.62. The Hall–Kier alpha value is -4.54. The number of hydrogen-bond acceptors (Lipinski definition) is 9. The first-order chi connectivity index (χ1) is 19.9. The first-order valence-corrected chi connectivity index (χ1v) is 15.5. The number of benzene rings is 3. The van der Waals surface area contributed by atoms with Crippen molar-refractivity contribution in [2.75, 3.05) is 5.32 Å². The molecule has 2 N–H and O–H groups in total. The van der Waals surface area contributed by atoms with Gasteiger partial charge in [-0.1, -0.05) is 30.3 Å². The van der Waals surface area contributed by atoms with Gasteiger partial charge in [0.15, 0.2) is 0 Å². The molecule has 0 radical (unpaired) electrons. The summed E-state index contributed by atoms with van der Waals surface area (Å²) in [5.74, 6) is -0.387. The van der Waals surface area contributed by atoms with Crippen molar-refractivity contribution >= 4 is 64.9 Å². The second-order valence-corrected chi connectivity index (χ2v) is 12.9. The van der Waals surface area contributed by atoms with Gasteiger partial charge in [-0.2, -0.15) is 5.26 Å². The van der Waals surface area contributed by atoms with Gasteiger partial charge >= 0.3 is 0 Å². The van der Waals surface area contributed by atoms with Gasteiger partial charge in [0.2, 0.25) is 10.0 Å². The van der Waals surface area contributed by atoms with E-state index in [1.165, 1.54) is 34.8 Å². The number of carbonyl (C=O) groups is 1. The van der Waals surface area contributed by atoms with E-state index in [9.17, 15) is 18.5 Å². The molecule has 6 aromatic rings. The molecule has 3 heterocycles. The molecule has 0 saturated carbocycles. The summed E-state index contributed by atoms with van der Waals surface area (Å²) in [5.41, 5.74) is 3.00. The van der Waals surface area contributed by atoms with Crippen LogP contribution >= 0.6 is 22.7 Å². The van der Waals surface area contributed by atoms with E-state index < -0.39 is 16.1 Å². The van der Waals surface area contributed by atoms with Crippen molar-refractivity contribution in [2.24, 2.45) is 0 Å². The van der Waals surface area contributed by atoms with Gasteiger partial charge in [0.25, 0.3) is 5.91 Å². The van der Waals surface area contributed by atoms with E-state index in [2.05, 4.69) is 26.1 Å². The Morgan fingerprint density at radius 2 is 1.76 bits per heavy atom. The minimum Gasteiger partial charge on any atom is -0.321 e. The molecular weight excluding hydrogens is 577 g/mol. The maximum absolute atomic E-state index is 13.7. The minimum atomic E-state index is -4.04. The van der Waals surface area contributed by atoms with Crippen LogP contribution in [0.15, 0.2) is 96.2 Å². The minimum absolute atomic E-state index is 0.00754. The van der Waals surface area contributed by atoms with E-state index in [0.29, 0.717) is 37.9 Å². The Kier molecular flexibility index (Phi) is 7.25. The van der Waals surface area contributed by atoms with Crippen LogP contribution in [0.4, 0.5) is 5.69 Å². The Bertz CT molecular complexity index is 2000. The van der Waals surface area contributed by atoms with Crippen LogP contribution in [0.5, 0.6) is 0 Å². The number of nitrogens with one attached hydrogen (secondary N) is 2. The van der Waals surface area contributed by atoms with Crippen LogP contribution in [0.25, 0.3) is 20.6 Å². The van der Waals surface area contributed by atoms with Gasteiger partial charge in [-0.3, -0.25) is 9.78 Å². The van der Waals surface area contributed by atoms with Crippen LogP contribution in [0, 0.1) is 11.3 Å². The molecule has 0 aliphatic carbocycles. The third-order valence-electron chi connectivity index (χ3n) is 6.19. The fourth-order valence-electron chi connectivity index (χ4n) is 4.29. The summed E-state index contributed by atoms with van der Waals surface area (Å²) in [6.07, 6.45) is 3.41. The number of nitriles is 1. The molecule has 3 aromatic heterocycles. The Morgan fingerprint density at radius 1 is 0.927 bits per heavy atom. The first-order valence-electron chi connectivity index (χ1n) is 12.4. The van der Waals surface area contributed by atoms with Gasteiger partial charge in [-0.05, 0) is 60.5 Å². The number of thiazole rings is 1. The fourth-order valence-corrected chi connectivity index (χ4v) is 7.49. The smallest absolute Gasteiger partial charge is 0.265 e. The Morgan fingerprint density at radius 3 is 2.59 bits per heavy atom. The molecule has 3 aromatic carbocycles. The highest BCUT2D eigenvalue weighted by Crippen LogP contribution is 2.30. The molecule has 1 atom stereocenters. The summed E-state index contributed by atoms with van der Waals surface area (Å²) in [6.45, 7) is 0. The molecule has 0 aliphatic rings. The lowest BCUT2D eigenvalue weighted by atomic mass is 10.0. The van der Waals surface area contributed by atoms with Crippen LogP contribution < -0.4 is 10.0 Å². The molecule has 1 unspecified atom stereocenters. The normalized spacial score (nSPS) is 12.3. The van der Waals surface area contributed by atoms with Crippen molar-refractivity contribution in [3.05, 3.63) is 112 Å². The van der Waals surface area contributed by atoms with Crippen molar-refractivity contribution in [2.45, 2.75) is 17.4 Å². The molecule has 6 rings (SSSR count). The zero-order valence-electron chi connectivity index (χ0n) is 21.2. The molecule has 0 saturated heterocycles.